The van der Waals surface area contributed by atoms with Gasteiger partial charge in [-0.1, -0.05) is 12.1 Å². The number of carbonyl (C=O) groups excluding carboxylic acids is 1. The van der Waals surface area contributed by atoms with Gasteiger partial charge < -0.3 is 5.32 Å². The largest absolute Gasteiger partial charge is 0.322 e. The second kappa shape index (κ2) is 6.21. The predicted octanol–water partition coefficient (Wildman–Crippen LogP) is 2.36. The molecule has 1 heterocycles. The molecule has 0 aliphatic carbocycles. The van der Waals surface area contributed by atoms with Crippen LogP contribution in [0.3, 0.4) is 0 Å². The maximum absolute atomic E-state index is 11.8. The maximum Gasteiger partial charge on any atom is 0.248 e. The fraction of sp³-hybridized carbons (Fsp3) is 0.0714. The molecule has 110 valence electrons. The van der Waals surface area contributed by atoms with E-state index < -0.39 is 10.0 Å². The highest BCUT2D eigenvalue weighted by molar-refractivity contribution is 7.89. The second-order valence-electron chi connectivity index (χ2n) is 4.36. The average molecular weight is 322 g/mol. The van der Waals surface area contributed by atoms with E-state index >= 15 is 0 Å². The highest BCUT2D eigenvalue weighted by Crippen LogP contribution is 2.19. The summed E-state index contributed by atoms with van der Waals surface area (Å²) in [7, 11) is -3.81. The monoisotopic (exact) mass is 322 g/mol. The van der Waals surface area contributed by atoms with Gasteiger partial charge in [0.05, 0.1) is 4.90 Å². The first kappa shape index (κ1) is 15.4. The van der Waals surface area contributed by atoms with Crippen LogP contribution in [0.1, 0.15) is 10.4 Å². The number of nitrogens with two attached hydrogens (primary N) is 1. The summed E-state index contributed by atoms with van der Waals surface area (Å²) in [5, 5.41) is 9.64. The fourth-order valence-electron chi connectivity index (χ4n) is 1.71. The third kappa shape index (κ3) is 4.25. The predicted molar refractivity (Wildman–Crippen MR) is 84.5 cm³/mol. The molecule has 7 heteroatoms. The number of nitrogens with one attached hydrogen (secondary N) is 1. The summed E-state index contributed by atoms with van der Waals surface area (Å²) >= 11 is 1.52. The molecule has 0 aliphatic heterocycles. The Balaban J connectivity index is 2.15. The third-order valence-corrected chi connectivity index (χ3v) is 4.59. The van der Waals surface area contributed by atoms with Crippen LogP contribution in [0.5, 0.6) is 0 Å². The van der Waals surface area contributed by atoms with Crippen LogP contribution >= 0.6 is 11.3 Å². The normalized spacial score (nSPS) is 11.7. The lowest BCUT2D eigenvalue weighted by Crippen LogP contribution is -2.15. The summed E-state index contributed by atoms with van der Waals surface area (Å²) in [4.78, 5) is 12.7. The number of benzene rings is 1. The highest BCUT2D eigenvalue weighted by Gasteiger charge is 2.12. The summed E-state index contributed by atoms with van der Waals surface area (Å²) < 4.78 is 22.9. The molecule has 2 aromatic rings. The second-order valence-corrected chi connectivity index (χ2v) is 6.87. The van der Waals surface area contributed by atoms with Gasteiger partial charge in [0.2, 0.25) is 15.9 Å². The lowest BCUT2D eigenvalue weighted by molar-refractivity contribution is -0.111. The van der Waals surface area contributed by atoms with Crippen molar-refractivity contribution in [3.8, 4) is 0 Å². The van der Waals surface area contributed by atoms with Crippen LogP contribution < -0.4 is 10.5 Å². The van der Waals surface area contributed by atoms with Crippen LogP contribution in [0, 0.1) is 6.92 Å². The SMILES string of the molecule is Cc1ccc(NC(=O)C=Cc2cccs2)cc1S(N)(=O)=O. The van der Waals surface area contributed by atoms with E-state index in [9.17, 15) is 13.2 Å². The summed E-state index contributed by atoms with van der Waals surface area (Å²) in [6, 6.07) is 8.35. The van der Waals surface area contributed by atoms with Gasteiger partial charge in [-0.3, -0.25) is 4.79 Å². The van der Waals surface area contributed by atoms with Crippen molar-refractivity contribution >= 4 is 39.0 Å². The summed E-state index contributed by atoms with van der Waals surface area (Å²) in [5.74, 6) is -0.340. The first-order valence-electron chi connectivity index (χ1n) is 6.02. The quantitative estimate of drug-likeness (QED) is 0.847. The zero-order valence-corrected chi connectivity index (χ0v) is 12.9. The van der Waals surface area contributed by atoms with Gasteiger partial charge in [0.1, 0.15) is 0 Å². The standard InChI is InChI=1S/C14H14N2O3S2/c1-10-4-5-11(9-13(10)21(15,18)19)16-14(17)7-6-12-3-2-8-20-12/h2-9H,1H3,(H,16,17)(H2,15,18,19). The number of carbonyl (C=O) groups is 1. The van der Waals surface area contributed by atoms with Crippen molar-refractivity contribution in [2.45, 2.75) is 11.8 Å². The Morgan fingerprint density at radius 2 is 2.10 bits per heavy atom. The molecule has 3 N–H and O–H groups in total. The number of hydrogen-bond acceptors (Lipinski definition) is 4. The molecule has 0 saturated carbocycles. The minimum absolute atomic E-state index is 0.00235. The van der Waals surface area contributed by atoms with Crippen LogP contribution in [-0.2, 0) is 14.8 Å². The van der Waals surface area contributed by atoms with Gasteiger partial charge in [-0.15, -0.1) is 11.3 Å². The Morgan fingerprint density at radius 1 is 1.33 bits per heavy atom. The number of primary sulfonamides is 1. The zero-order valence-electron chi connectivity index (χ0n) is 11.2. The summed E-state index contributed by atoms with van der Waals surface area (Å²) in [5.41, 5.74) is 0.912. The first-order chi connectivity index (χ1) is 9.86. The van der Waals surface area contributed by atoms with Gasteiger partial charge in [0, 0.05) is 16.6 Å². The molecule has 0 unspecified atom stereocenters. The van der Waals surface area contributed by atoms with E-state index in [1.54, 1.807) is 25.1 Å². The number of aryl methyl sites for hydroxylation is 1. The van der Waals surface area contributed by atoms with Crippen LogP contribution in [0.4, 0.5) is 5.69 Å². The number of rotatable bonds is 4. The van der Waals surface area contributed by atoms with Crippen molar-refractivity contribution in [1.29, 1.82) is 0 Å². The van der Waals surface area contributed by atoms with Crippen molar-refractivity contribution in [2.75, 3.05) is 5.32 Å². The van der Waals surface area contributed by atoms with E-state index in [4.69, 9.17) is 5.14 Å². The number of thiophene rings is 1. The van der Waals surface area contributed by atoms with Crippen molar-refractivity contribution < 1.29 is 13.2 Å². The molecule has 2 rings (SSSR count). The Kier molecular flexibility index (Phi) is 4.56. The molecule has 5 nitrogen and oxygen atoms in total. The molecule has 1 aromatic heterocycles. The average Bonchev–Trinajstić information content (AvgIpc) is 2.90. The topological polar surface area (TPSA) is 89.3 Å². The smallest absolute Gasteiger partial charge is 0.248 e. The van der Waals surface area contributed by atoms with E-state index in [-0.39, 0.29) is 10.8 Å². The number of sulfonamides is 1. The van der Waals surface area contributed by atoms with Gasteiger partial charge in [-0.25, -0.2) is 13.6 Å². The summed E-state index contributed by atoms with van der Waals surface area (Å²) in [6.45, 7) is 1.64. The van der Waals surface area contributed by atoms with Crippen LogP contribution in [0.2, 0.25) is 0 Å². The Morgan fingerprint density at radius 3 is 2.71 bits per heavy atom. The van der Waals surface area contributed by atoms with E-state index in [1.807, 2.05) is 17.5 Å². The number of hydrogen-bond donors (Lipinski definition) is 2. The minimum atomic E-state index is -3.81. The molecule has 0 saturated heterocycles. The minimum Gasteiger partial charge on any atom is -0.322 e. The van der Waals surface area contributed by atoms with Crippen LogP contribution in [0.15, 0.2) is 46.7 Å². The van der Waals surface area contributed by atoms with Crippen molar-refractivity contribution in [3.63, 3.8) is 0 Å². The molecule has 0 aliphatic rings. The molecule has 1 aromatic carbocycles. The van der Waals surface area contributed by atoms with Gasteiger partial charge in [-0.2, -0.15) is 0 Å². The number of anilines is 1. The van der Waals surface area contributed by atoms with Gasteiger partial charge in [0.25, 0.3) is 0 Å². The first-order valence-corrected chi connectivity index (χ1v) is 8.45. The Hall–Kier alpha value is -1.96. The van der Waals surface area contributed by atoms with Crippen molar-refractivity contribution in [3.05, 3.63) is 52.2 Å². The molecular formula is C14H14N2O3S2. The van der Waals surface area contributed by atoms with E-state index in [1.165, 1.54) is 23.5 Å². The highest BCUT2D eigenvalue weighted by atomic mass is 32.2. The molecule has 0 bridgehead atoms. The van der Waals surface area contributed by atoms with Gasteiger partial charge >= 0.3 is 0 Å². The van der Waals surface area contributed by atoms with E-state index in [0.29, 0.717) is 11.3 Å². The fourth-order valence-corrected chi connectivity index (χ4v) is 3.14. The lowest BCUT2D eigenvalue weighted by Gasteiger charge is -2.07. The Labute approximate surface area is 127 Å². The van der Waals surface area contributed by atoms with E-state index in [0.717, 1.165) is 4.88 Å². The molecule has 0 radical (unpaired) electrons. The molecule has 0 spiro atoms. The number of amides is 1. The molecule has 1 amide bonds. The molecule has 0 fully saturated rings. The van der Waals surface area contributed by atoms with Gasteiger partial charge in [-0.05, 0) is 42.1 Å². The molecule has 21 heavy (non-hydrogen) atoms. The lowest BCUT2D eigenvalue weighted by atomic mass is 10.2. The van der Waals surface area contributed by atoms with Crippen LogP contribution in [-0.4, -0.2) is 14.3 Å². The molecular weight excluding hydrogens is 308 g/mol. The maximum atomic E-state index is 11.8. The van der Waals surface area contributed by atoms with Crippen molar-refractivity contribution in [1.82, 2.24) is 0 Å². The van der Waals surface area contributed by atoms with E-state index in [2.05, 4.69) is 5.32 Å². The Bertz CT molecular complexity index is 779. The summed E-state index contributed by atoms with van der Waals surface area (Å²) in [6.07, 6.45) is 3.08. The van der Waals surface area contributed by atoms with Gasteiger partial charge in [0.15, 0.2) is 0 Å². The zero-order chi connectivity index (χ0) is 15.5. The van der Waals surface area contributed by atoms with Crippen molar-refractivity contribution in [2.24, 2.45) is 5.14 Å². The third-order valence-electron chi connectivity index (χ3n) is 2.70. The molecule has 0 atom stereocenters. The van der Waals surface area contributed by atoms with Crippen LogP contribution in [0.25, 0.3) is 6.08 Å².